The number of rotatable bonds is 36. The zero-order valence-electron chi connectivity index (χ0n) is 33.5. The van der Waals surface area contributed by atoms with Gasteiger partial charge in [-0.25, -0.2) is 0 Å². The third kappa shape index (κ3) is 33.2. The first-order chi connectivity index (χ1) is 24.6. The van der Waals surface area contributed by atoms with E-state index >= 15 is 0 Å². The number of likely N-dealkylation sites (N-methyl/N-ethyl adjacent to an activating group) is 1. The van der Waals surface area contributed by atoms with Gasteiger partial charge in [-0.1, -0.05) is 153 Å². The van der Waals surface area contributed by atoms with Crippen LogP contribution in [0.15, 0.2) is 36.5 Å². The molecule has 0 bridgehead atoms. The number of carboxylic acids is 1. The van der Waals surface area contributed by atoms with Crippen LogP contribution in [-0.4, -0.2) is 75.5 Å². The summed E-state index contributed by atoms with van der Waals surface area (Å²) in [6, 6.07) is -0.725. The van der Waals surface area contributed by atoms with E-state index in [2.05, 4.69) is 50.3 Å². The molecule has 8 nitrogen and oxygen atoms in total. The average Bonchev–Trinajstić information content (AvgIpc) is 3.08. The Bertz CT molecular complexity index is 937. The number of allylic oxidation sites excluding steroid dienone is 6. The number of carbonyl (C=O) groups is 3. The molecule has 0 amide bonds. The molecule has 2 unspecified atom stereocenters. The van der Waals surface area contributed by atoms with E-state index in [9.17, 15) is 19.5 Å². The Kier molecular flexibility index (Phi) is 33.0. The molecule has 51 heavy (non-hydrogen) atoms. The maximum atomic E-state index is 12.7. The number of hydrogen-bond acceptors (Lipinski definition) is 7. The van der Waals surface area contributed by atoms with Gasteiger partial charge in [-0.15, -0.1) is 0 Å². The van der Waals surface area contributed by atoms with Crippen LogP contribution in [0.5, 0.6) is 0 Å². The van der Waals surface area contributed by atoms with E-state index in [-0.39, 0.29) is 42.7 Å². The lowest BCUT2D eigenvalue weighted by Gasteiger charge is -2.34. The van der Waals surface area contributed by atoms with Crippen molar-refractivity contribution in [1.82, 2.24) is 0 Å². The molecule has 0 saturated heterocycles. The molecule has 0 spiro atoms. The standard InChI is InChI=1S/C43H77NO7/c1-6-8-10-12-14-16-18-20-21-22-24-26-28-30-32-34-42(46)51-39(37-49-36-35-40(43(47)48)44(3,4)5)38-50-41(45)33-31-29-27-25-23-19-17-15-13-11-9-7-2/h8,10,12,14,16,18,39-40H,6-7,9,11,13,15,17,19-38H2,1-5H3/b10-8+,14-12+,18-16+. The number of nitrogens with zero attached hydrogens (tertiary/aromatic N) is 1. The molecule has 0 aliphatic rings. The largest absolute Gasteiger partial charge is 0.544 e. The fraction of sp³-hybridized carbons (Fsp3) is 0.791. The summed E-state index contributed by atoms with van der Waals surface area (Å²) >= 11 is 0. The number of quaternary nitrogens is 1. The van der Waals surface area contributed by atoms with Gasteiger partial charge in [0.2, 0.25) is 0 Å². The topological polar surface area (TPSA) is 102 Å². The molecule has 0 aliphatic carbocycles. The SMILES string of the molecule is CC/C=C/C=C/C=C/CCCCCCCCCC(=O)OC(COCCC(C(=O)[O-])[N+](C)(C)C)COC(=O)CCCCCCCCCCCCCC. The van der Waals surface area contributed by atoms with Gasteiger partial charge in [0.25, 0.3) is 0 Å². The van der Waals surface area contributed by atoms with Gasteiger partial charge < -0.3 is 28.6 Å². The van der Waals surface area contributed by atoms with Gasteiger partial charge in [-0.2, -0.15) is 0 Å². The minimum Gasteiger partial charge on any atom is -0.544 e. The van der Waals surface area contributed by atoms with Crippen LogP contribution in [0.4, 0.5) is 0 Å². The quantitative estimate of drug-likeness (QED) is 0.0275. The first-order valence-corrected chi connectivity index (χ1v) is 20.5. The Morgan fingerprint density at radius 2 is 1.10 bits per heavy atom. The second-order valence-corrected chi connectivity index (χ2v) is 14.9. The van der Waals surface area contributed by atoms with Crippen LogP contribution in [0.2, 0.25) is 0 Å². The fourth-order valence-corrected chi connectivity index (χ4v) is 5.89. The van der Waals surface area contributed by atoms with Gasteiger partial charge >= 0.3 is 11.9 Å². The van der Waals surface area contributed by atoms with Crippen molar-refractivity contribution in [1.29, 1.82) is 0 Å². The Balaban J connectivity index is 4.40. The van der Waals surface area contributed by atoms with Gasteiger partial charge in [0.1, 0.15) is 12.6 Å². The first kappa shape index (κ1) is 48.5. The van der Waals surface area contributed by atoms with Crippen molar-refractivity contribution >= 4 is 17.9 Å². The second kappa shape index (κ2) is 34.6. The molecule has 0 aromatic carbocycles. The molecule has 0 rings (SSSR count). The zero-order valence-corrected chi connectivity index (χ0v) is 33.5. The Labute approximate surface area is 313 Å². The smallest absolute Gasteiger partial charge is 0.306 e. The van der Waals surface area contributed by atoms with Crippen LogP contribution in [0.3, 0.4) is 0 Å². The number of unbranched alkanes of at least 4 members (excludes halogenated alkanes) is 18. The molecule has 0 aliphatic heterocycles. The number of hydrogen-bond donors (Lipinski definition) is 0. The highest BCUT2D eigenvalue weighted by Gasteiger charge is 2.25. The average molecular weight is 720 g/mol. The highest BCUT2D eigenvalue weighted by atomic mass is 16.6. The predicted octanol–water partition coefficient (Wildman–Crippen LogP) is 9.35. The summed E-state index contributed by atoms with van der Waals surface area (Å²) in [5.74, 6) is -1.75. The maximum absolute atomic E-state index is 12.7. The molecular formula is C43H77NO7. The van der Waals surface area contributed by atoms with E-state index in [1.165, 1.54) is 77.0 Å². The summed E-state index contributed by atoms with van der Waals surface area (Å²) in [6.45, 7) is 4.51. The highest BCUT2D eigenvalue weighted by Crippen LogP contribution is 2.14. The summed E-state index contributed by atoms with van der Waals surface area (Å²) in [5.41, 5.74) is 0. The molecule has 0 radical (unpaired) electrons. The minimum atomic E-state index is -1.13. The molecular weight excluding hydrogens is 642 g/mol. The van der Waals surface area contributed by atoms with Crippen LogP contribution in [0.25, 0.3) is 0 Å². The number of aliphatic carboxylic acids is 1. The molecule has 2 atom stereocenters. The van der Waals surface area contributed by atoms with Crippen molar-refractivity contribution in [2.24, 2.45) is 0 Å². The van der Waals surface area contributed by atoms with E-state index in [1.807, 2.05) is 0 Å². The Hall–Kier alpha value is -2.45. The van der Waals surface area contributed by atoms with Crippen LogP contribution < -0.4 is 5.11 Å². The van der Waals surface area contributed by atoms with Crippen molar-refractivity contribution in [2.45, 2.75) is 180 Å². The second-order valence-electron chi connectivity index (χ2n) is 14.9. The normalized spacial score (nSPS) is 13.4. The third-order valence-corrected chi connectivity index (χ3v) is 9.10. The summed E-state index contributed by atoms with van der Waals surface area (Å²) < 4.78 is 17.1. The zero-order chi connectivity index (χ0) is 37.8. The van der Waals surface area contributed by atoms with E-state index in [4.69, 9.17) is 14.2 Å². The Morgan fingerprint density at radius 1 is 0.608 bits per heavy atom. The number of esters is 2. The van der Waals surface area contributed by atoms with Gasteiger partial charge in [-0.05, 0) is 32.1 Å². The van der Waals surface area contributed by atoms with Gasteiger partial charge in [0, 0.05) is 19.3 Å². The third-order valence-electron chi connectivity index (χ3n) is 9.10. The van der Waals surface area contributed by atoms with E-state index in [0.29, 0.717) is 12.8 Å². The lowest BCUT2D eigenvalue weighted by atomic mass is 10.0. The highest BCUT2D eigenvalue weighted by molar-refractivity contribution is 5.70. The molecule has 0 aromatic rings. The number of carbonyl (C=O) groups excluding carboxylic acids is 3. The molecule has 8 heteroatoms. The van der Waals surface area contributed by atoms with Gasteiger partial charge in [0.05, 0.1) is 40.3 Å². The molecule has 296 valence electrons. The summed E-state index contributed by atoms with van der Waals surface area (Å²) in [5, 5.41) is 11.6. The summed E-state index contributed by atoms with van der Waals surface area (Å²) in [4.78, 5) is 36.7. The lowest BCUT2D eigenvalue weighted by molar-refractivity contribution is -0.889. The van der Waals surface area contributed by atoms with Gasteiger partial charge in [-0.3, -0.25) is 9.59 Å². The van der Waals surface area contributed by atoms with Crippen LogP contribution in [0.1, 0.15) is 168 Å². The van der Waals surface area contributed by atoms with Crippen LogP contribution in [0, 0.1) is 0 Å². The van der Waals surface area contributed by atoms with Gasteiger partial charge in [0.15, 0.2) is 6.10 Å². The van der Waals surface area contributed by atoms with Crippen molar-refractivity contribution < 1.29 is 38.2 Å². The van der Waals surface area contributed by atoms with Crippen molar-refractivity contribution in [3.05, 3.63) is 36.5 Å². The maximum Gasteiger partial charge on any atom is 0.306 e. The van der Waals surface area contributed by atoms with E-state index in [0.717, 1.165) is 57.8 Å². The van der Waals surface area contributed by atoms with Crippen molar-refractivity contribution in [3.8, 4) is 0 Å². The monoisotopic (exact) mass is 720 g/mol. The van der Waals surface area contributed by atoms with E-state index in [1.54, 1.807) is 21.1 Å². The first-order valence-electron chi connectivity index (χ1n) is 20.5. The lowest BCUT2D eigenvalue weighted by Crippen LogP contribution is -2.55. The number of carboxylic acid groups (broad SMARTS) is 1. The predicted molar refractivity (Wildman–Crippen MR) is 208 cm³/mol. The van der Waals surface area contributed by atoms with Crippen LogP contribution in [-0.2, 0) is 28.6 Å². The number of ether oxygens (including phenoxy) is 3. The molecule has 0 heterocycles. The van der Waals surface area contributed by atoms with E-state index < -0.39 is 18.1 Å². The van der Waals surface area contributed by atoms with Crippen molar-refractivity contribution in [3.63, 3.8) is 0 Å². The summed E-state index contributed by atoms with van der Waals surface area (Å²) in [7, 11) is 5.40. The molecule has 0 fully saturated rings. The molecule has 0 saturated carbocycles. The Morgan fingerprint density at radius 3 is 1.61 bits per heavy atom. The molecule has 0 N–H and O–H groups in total. The summed E-state index contributed by atoms with van der Waals surface area (Å²) in [6.07, 6.45) is 37.3. The fourth-order valence-electron chi connectivity index (χ4n) is 5.89. The van der Waals surface area contributed by atoms with Crippen molar-refractivity contribution in [2.75, 3.05) is 41.0 Å². The van der Waals surface area contributed by atoms with Crippen LogP contribution >= 0.6 is 0 Å². The molecule has 0 aromatic heterocycles. The minimum absolute atomic E-state index is 0.0376.